The van der Waals surface area contributed by atoms with Crippen LogP contribution in [0.4, 0.5) is 34.1 Å². The van der Waals surface area contributed by atoms with Crippen LogP contribution >= 0.6 is 0 Å². The standard InChI is InChI=1S/C57H43N3/c1-57(2)51-23-13-15-25-54(51)60(44-20-10-5-11-21-44)56-39-55-50(38-52(56)57)49-22-12-14-24-53(49)59(55)48-36-34-47(35-37-48)58(45-30-26-42(27-31-45)40-16-6-3-7-17-40)46-32-28-43(29-33-46)41-18-8-4-9-19-41/h3-39H,1-2H3. The molecule has 0 bridgehead atoms. The van der Waals surface area contributed by atoms with Gasteiger partial charge in [0.1, 0.15) is 0 Å². The summed E-state index contributed by atoms with van der Waals surface area (Å²) in [5, 5.41) is 2.51. The monoisotopic (exact) mass is 769 g/mol. The minimum Gasteiger partial charge on any atom is -0.311 e. The number of nitrogens with zero attached hydrogens (tertiary/aromatic N) is 3. The van der Waals surface area contributed by atoms with Gasteiger partial charge in [-0.25, -0.2) is 0 Å². The molecule has 10 aromatic rings. The maximum absolute atomic E-state index is 2.46. The van der Waals surface area contributed by atoms with Gasteiger partial charge in [0.15, 0.2) is 0 Å². The largest absolute Gasteiger partial charge is 0.311 e. The summed E-state index contributed by atoms with van der Waals surface area (Å²) in [4.78, 5) is 4.80. The molecule has 286 valence electrons. The van der Waals surface area contributed by atoms with Gasteiger partial charge in [0.05, 0.1) is 22.4 Å². The van der Waals surface area contributed by atoms with Gasteiger partial charge in [-0.2, -0.15) is 0 Å². The Hall–Kier alpha value is -7.62. The van der Waals surface area contributed by atoms with Crippen molar-refractivity contribution in [3.63, 3.8) is 0 Å². The molecule has 1 aliphatic rings. The van der Waals surface area contributed by atoms with Crippen LogP contribution in [0.2, 0.25) is 0 Å². The first-order valence-electron chi connectivity index (χ1n) is 20.8. The molecule has 0 atom stereocenters. The SMILES string of the molecule is CC1(C)c2ccccc2N(c2ccccc2)c2cc3c(cc21)c1ccccc1n3-c1ccc(N(c2ccc(-c3ccccc3)cc2)c2ccc(-c3ccccc3)cc2)cc1. The Labute approximate surface area is 351 Å². The van der Waals surface area contributed by atoms with Gasteiger partial charge >= 0.3 is 0 Å². The summed E-state index contributed by atoms with van der Waals surface area (Å²) < 4.78 is 2.44. The molecule has 11 rings (SSSR count). The zero-order valence-electron chi connectivity index (χ0n) is 33.7. The van der Waals surface area contributed by atoms with Gasteiger partial charge in [0, 0.05) is 44.6 Å². The predicted octanol–water partition coefficient (Wildman–Crippen LogP) is 15.7. The maximum atomic E-state index is 2.46. The Bertz CT molecular complexity index is 3050. The highest BCUT2D eigenvalue weighted by molar-refractivity contribution is 6.11. The normalized spacial score (nSPS) is 12.9. The summed E-state index contributed by atoms with van der Waals surface area (Å²) in [6.45, 7) is 4.74. The Kier molecular flexibility index (Phi) is 8.49. The molecule has 0 fully saturated rings. The fourth-order valence-electron chi connectivity index (χ4n) is 9.36. The predicted molar refractivity (Wildman–Crippen MR) is 253 cm³/mol. The molecule has 60 heavy (non-hydrogen) atoms. The van der Waals surface area contributed by atoms with E-state index in [1.54, 1.807) is 0 Å². The summed E-state index contributed by atoms with van der Waals surface area (Å²) in [5.41, 5.74) is 17.6. The maximum Gasteiger partial charge on any atom is 0.0562 e. The first kappa shape index (κ1) is 35.5. The molecule has 2 heterocycles. The second-order valence-electron chi connectivity index (χ2n) is 16.2. The number of para-hydroxylation sites is 3. The molecule has 0 spiro atoms. The van der Waals surface area contributed by atoms with Crippen molar-refractivity contribution in [2.45, 2.75) is 19.3 Å². The van der Waals surface area contributed by atoms with Crippen molar-refractivity contribution >= 4 is 55.9 Å². The van der Waals surface area contributed by atoms with Gasteiger partial charge in [-0.15, -0.1) is 0 Å². The van der Waals surface area contributed by atoms with Crippen molar-refractivity contribution < 1.29 is 0 Å². The number of aromatic nitrogens is 1. The molecule has 1 aromatic heterocycles. The van der Waals surface area contributed by atoms with Crippen LogP contribution in [0, 0.1) is 0 Å². The number of anilines is 6. The van der Waals surface area contributed by atoms with E-state index in [4.69, 9.17) is 0 Å². The second-order valence-corrected chi connectivity index (χ2v) is 16.2. The Morgan fingerprint density at radius 2 is 0.833 bits per heavy atom. The fourth-order valence-corrected chi connectivity index (χ4v) is 9.36. The van der Waals surface area contributed by atoms with Gasteiger partial charge in [-0.1, -0.05) is 153 Å². The van der Waals surface area contributed by atoms with Crippen LogP contribution in [0.3, 0.4) is 0 Å². The number of rotatable bonds is 7. The van der Waals surface area contributed by atoms with E-state index in [-0.39, 0.29) is 5.41 Å². The van der Waals surface area contributed by atoms with E-state index in [0.717, 1.165) is 28.4 Å². The van der Waals surface area contributed by atoms with Crippen LogP contribution in [-0.2, 0) is 5.41 Å². The molecule has 0 unspecified atom stereocenters. The number of hydrogen-bond donors (Lipinski definition) is 0. The highest BCUT2D eigenvalue weighted by Gasteiger charge is 2.37. The minimum absolute atomic E-state index is 0.196. The van der Waals surface area contributed by atoms with Crippen LogP contribution in [0.25, 0.3) is 49.7 Å². The number of benzene rings is 9. The van der Waals surface area contributed by atoms with Crippen molar-refractivity contribution in [2.24, 2.45) is 0 Å². The van der Waals surface area contributed by atoms with Crippen LogP contribution in [-0.4, -0.2) is 4.57 Å². The fraction of sp³-hybridized carbons (Fsp3) is 0.0526. The molecule has 0 amide bonds. The summed E-state index contributed by atoms with van der Waals surface area (Å²) >= 11 is 0. The Morgan fingerprint density at radius 3 is 1.43 bits per heavy atom. The highest BCUT2D eigenvalue weighted by Crippen LogP contribution is 2.53. The summed E-state index contributed by atoms with van der Waals surface area (Å²) in [6.07, 6.45) is 0. The van der Waals surface area contributed by atoms with Crippen molar-refractivity contribution in [1.82, 2.24) is 4.57 Å². The Balaban J connectivity index is 1.05. The zero-order chi connectivity index (χ0) is 40.2. The van der Waals surface area contributed by atoms with Crippen LogP contribution < -0.4 is 9.80 Å². The third-order valence-corrected chi connectivity index (χ3v) is 12.4. The van der Waals surface area contributed by atoms with Gasteiger partial charge in [0.25, 0.3) is 0 Å². The molecule has 3 nitrogen and oxygen atoms in total. The van der Waals surface area contributed by atoms with E-state index in [0.29, 0.717) is 0 Å². The number of hydrogen-bond acceptors (Lipinski definition) is 2. The molecule has 0 N–H and O–H groups in total. The van der Waals surface area contributed by atoms with E-state index in [1.807, 2.05) is 0 Å². The summed E-state index contributed by atoms with van der Waals surface area (Å²) in [5.74, 6) is 0. The molecule has 0 saturated heterocycles. The van der Waals surface area contributed by atoms with Gasteiger partial charge in [0.2, 0.25) is 0 Å². The lowest BCUT2D eigenvalue weighted by molar-refractivity contribution is 0.633. The summed E-state index contributed by atoms with van der Waals surface area (Å²) in [6, 6.07) is 81.5. The quantitative estimate of drug-likeness (QED) is 0.160. The van der Waals surface area contributed by atoms with E-state index in [1.165, 1.54) is 66.6 Å². The molecular formula is C57H43N3. The van der Waals surface area contributed by atoms with E-state index >= 15 is 0 Å². The smallest absolute Gasteiger partial charge is 0.0562 e. The lowest BCUT2D eigenvalue weighted by atomic mass is 9.73. The van der Waals surface area contributed by atoms with Gasteiger partial charge in [-0.05, 0) is 118 Å². The van der Waals surface area contributed by atoms with E-state index < -0.39 is 0 Å². The van der Waals surface area contributed by atoms with Crippen LogP contribution in [0.15, 0.2) is 224 Å². The van der Waals surface area contributed by atoms with Crippen molar-refractivity contribution in [2.75, 3.05) is 9.80 Å². The lowest BCUT2D eigenvalue weighted by Gasteiger charge is -2.42. The average molecular weight is 770 g/mol. The topological polar surface area (TPSA) is 11.4 Å². The average Bonchev–Trinajstić information content (AvgIpc) is 3.64. The second kappa shape index (κ2) is 14.3. The highest BCUT2D eigenvalue weighted by atomic mass is 15.2. The first-order valence-corrected chi connectivity index (χ1v) is 20.8. The molecule has 3 heteroatoms. The molecule has 0 aliphatic carbocycles. The molecule has 0 radical (unpaired) electrons. The molecule has 1 aliphatic heterocycles. The van der Waals surface area contributed by atoms with Crippen LogP contribution in [0.1, 0.15) is 25.0 Å². The van der Waals surface area contributed by atoms with Crippen molar-refractivity contribution in [3.05, 3.63) is 236 Å². The lowest BCUT2D eigenvalue weighted by Crippen LogP contribution is -2.30. The van der Waals surface area contributed by atoms with Gasteiger partial charge < -0.3 is 14.4 Å². The van der Waals surface area contributed by atoms with Crippen molar-refractivity contribution in [1.29, 1.82) is 0 Å². The third-order valence-electron chi connectivity index (χ3n) is 12.4. The molecule has 9 aromatic carbocycles. The third kappa shape index (κ3) is 5.89. The van der Waals surface area contributed by atoms with Gasteiger partial charge in [-0.3, -0.25) is 0 Å². The summed E-state index contributed by atoms with van der Waals surface area (Å²) in [7, 11) is 0. The zero-order valence-corrected chi connectivity index (χ0v) is 33.7. The van der Waals surface area contributed by atoms with Crippen molar-refractivity contribution in [3.8, 4) is 27.9 Å². The minimum atomic E-state index is -0.196. The molecule has 0 saturated carbocycles. The van der Waals surface area contributed by atoms with E-state index in [9.17, 15) is 0 Å². The van der Waals surface area contributed by atoms with Crippen LogP contribution in [0.5, 0.6) is 0 Å². The Morgan fingerprint density at radius 1 is 0.350 bits per heavy atom. The number of fused-ring (bicyclic) bond motifs is 5. The molecular weight excluding hydrogens is 727 g/mol. The van der Waals surface area contributed by atoms with E-state index in [2.05, 4.69) is 253 Å². The first-order chi connectivity index (χ1) is 29.5.